The molecule has 0 aliphatic carbocycles. The smallest absolute Gasteiger partial charge is 0.177 e. The van der Waals surface area contributed by atoms with Crippen molar-refractivity contribution in [1.29, 1.82) is 0 Å². The lowest BCUT2D eigenvalue weighted by molar-refractivity contribution is 1.01. The standard InChI is InChI=1S/C13H10BrClN4/c14-8-4-11-13(17-6-8)19-12(18-11)7-16-10-3-1-2-9(15)5-10/h1-6,16H,7H2,(H,17,18,19). The van der Waals surface area contributed by atoms with Crippen LogP contribution in [0.25, 0.3) is 11.2 Å². The Hall–Kier alpha value is -1.59. The van der Waals surface area contributed by atoms with Crippen LogP contribution >= 0.6 is 27.5 Å². The molecule has 0 saturated heterocycles. The molecule has 4 nitrogen and oxygen atoms in total. The second-order valence-corrected chi connectivity index (χ2v) is 5.42. The van der Waals surface area contributed by atoms with Gasteiger partial charge in [-0.3, -0.25) is 0 Å². The van der Waals surface area contributed by atoms with Crippen molar-refractivity contribution in [3.05, 3.63) is 51.8 Å². The van der Waals surface area contributed by atoms with Crippen LogP contribution in [0.15, 0.2) is 41.0 Å². The van der Waals surface area contributed by atoms with Gasteiger partial charge in [-0.25, -0.2) is 9.97 Å². The predicted molar refractivity (Wildman–Crippen MR) is 80.4 cm³/mol. The summed E-state index contributed by atoms with van der Waals surface area (Å²) in [5.74, 6) is 0.834. The molecule has 2 aromatic heterocycles. The van der Waals surface area contributed by atoms with Crippen LogP contribution in [-0.4, -0.2) is 15.0 Å². The van der Waals surface area contributed by atoms with Crippen LogP contribution in [0.2, 0.25) is 5.02 Å². The van der Waals surface area contributed by atoms with Gasteiger partial charge in [-0.1, -0.05) is 17.7 Å². The van der Waals surface area contributed by atoms with E-state index in [-0.39, 0.29) is 0 Å². The maximum absolute atomic E-state index is 5.93. The molecule has 0 atom stereocenters. The molecule has 3 aromatic rings. The Morgan fingerprint density at radius 2 is 2.21 bits per heavy atom. The van der Waals surface area contributed by atoms with E-state index in [0.717, 1.165) is 21.5 Å². The van der Waals surface area contributed by atoms with Gasteiger partial charge >= 0.3 is 0 Å². The molecule has 0 aliphatic heterocycles. The maximum atomic E-state index is 5.93. The fraction of sp³-hybridized carbons (Fsp3) is 0.0769. The van der Waals surface area contributed by atoms with Gasteiger partial charge in [-0.15, -0.1) is 0 Å². The molecule has 1 aromatic carbocycles. The minimum atomic E-state index is 0.592. The zero-order valence-electron chi connectivity index (χ0n) is 9.82. The average molecular weight is 338 g/mol. The van der Waals surface area contributed by atoms with Crippen LogP contribution in [0.1, 0.15) is 5.82 Å². The number of rotatable bonds is 3. The number of halogens is 2. The van der Waals surface area contributed by atoms with Gasteiger partial charge in [0.2, 0.25) is 0 Å². The normalized spacial score (nSPS) is 10.8. The first kappa shape index (κ1) is 12.4. The van der Waals surface area contributed by atoms with Crippen LogP contribution in [0, 0.1) is 0 Å². The van der Waals surface area contributed by atoms with Gasteiger partial charge in [0, 0.05) is 21.4 Å². The van der Waals surface area contributed by atoms with Crippen LogP contribution in [0.4, 0.5) is 5.69 Å². The molecule has 0 fully saturated rings. The summed E-state index contributed by atoms with van der Waals surface area (Å²) in [6.45, 7) is 0.592. The topological polar surface area (TPSA) is 53.6 Å². The number of fused-ring (bicyclic) bond motifs is 1. The van der Waals surface area contributed by atoms with Crippen LogP contribution in [-0.2, 0) is 6.54 Å². The minimum Gasteiger partial charge on any atom is -0.378 e. The zero-order valence-corrected chi connectivity index (χ0v) is 12.2. The average Bonchev–Trinajstić information content (AvgIpc) is 2.78. The number of hydrogen-bond acceptors (Lipinski definition) is 3. The Morgan fingerprint density at radius 1 is 1.32 bits per heavy atom. The predicted octanol–water partition coefficient (Wildman–Crippen LogP) is 3.99. The molecule has 96 valence electrons. The van der Waals surface area contributed by atoms with Crippen LogP contribution < -0.4 is 5.32 Å². The lowest BCUT2D eigenvalue weighted by Crippen LogP contribution is -2.00. The van der Waals surface area contributed by atoms with E-state index in [9.17, 15) is 0 Å². The number of anilines is 1. The van der Waals surface area contributed by atoms with E-state index < -0.39 is 0 Å². The lowest BCUT2D eigenvalue weighted by Gasteiger charge is -2.03. The van der Waals surface area contributed by atoms with E-state index in [2.05, 4.69) is 36.2 Å². The van der Waals surface area contributed by atoms with Crippen molar-refractivity contribution in [2.45, 2.75) is 6.54 Å². The molecular formula is C13H10BrClN4. The Labute approximate surface area is 123 Å². The van der Waals surface area contributed by atoms with Gasteiger partial charge in [0.15, 0.2) is 5.65 Å². The fourth-order valence-electron chi connectivity index (χ4n) is 1.79. The molecule has 0 aliphatic rings. The van der Waals surface area contributed by atoms with E-state index in [1.807, 2.05) is 30.3 Å². The van der Waals surface area contributed by atoms with Crippen molar-refractivity contribution in [3.8, 4) is 0 Å². The van der Waals surface area contributed by atoms with Gasteiger partial charge in [-0.2, -0.15) is 0 Å². The third-order valence-electron chi connectivity index (χ3n) is 2.64. The molecule has 0 bridgehead atoms. The molecular weight excluding hydrogens is 328 g/mol. The molecule has 6 heteroatoms. The number of H-pyrrole nitrogens is 1. The van der Waals surface area contributed by atoms with E-state index in [4.69, 9.17) is 11.6 Å². The lowest BCUT2D eigenvalue weighted by atomic mass is 10.3. The van der Waals surface area contributed by atoms with E-state index in [0.29, 0.717) is 17.2 Å². The van der Waals surface area contributed by atoms with Crippen molar-refractivity contribution in [3.63, 3.8) is 0 Å². The summed E-state index contributed by atoms with van der Waals surface area (Å²) in [5, 5.41) is 3.97. The second kappa shape index (κ2) is 5.19. The third-order valence-corrected chi connectivity index (χ3v) is 3.31. The summed E-state index contributed by atoms with van der Waals surface area (Å²) in [6.07, 6.45) is 1.73. The Bertz CT molecular complexity index is 725. The first-order valence-corrected chi connectivity index (χ1v) is 6.87. The van der Waals surface area contributed by atoms with Crippen molar-refractivity contribution in [1.82, 2.24) is 15.0 Å². The first-order valence-electron chi connectivity index (χ1n) is 5.70. The number of nitrogens with zero attached hydrogens (tertiary/aromatic N) is 2. The van der Waals surface area contributed by atoms with Gasteiger partial charge in [0.1, 0.15) is 5.82 Å². The highest BCUT2D eigenvalue weighted by atomic mass is 79.9. The molecule has 0 unspecified atom stereocenters. The highest BCUT2D eigenvalue weighted by Gasteiger charge is 2.04. The maximum Gasteiger partial charge on any atom is 0.177 e. The number of aromatic nitrogens is 3. The number of benzene rings is 1. The SMILES string of the molecule is Clc1cccc(NCc2nc3ncc(Br)cc3[nH]2)c1. The van der Waals surface area contributed by atoms with Crippen molar-refractivity contribution < 1.29 is 0 Å². The molecule has 0 amide bonds. The third kappa shape index (κ3) is 2.88. The summed E-state index contributed by atoms with van der Waals surface area (Å²) >= 11 is 9.31. The van der Waals surface area contributed by atoms with Gasteiger partial charge in [0.05, 0.1) is 12.1 Å². The molecule has 2 heterocycles. The Morgan fingerprint density at radius 3 is 3.05 bits per heavy atom. The van der Waals surface area contributed by atoms with Gasteiger partial charge in [-0.05, 0) is 40.2 Å². The second-order valence-electron chi connectivity index (χ2n) is 4.07. The van der Waals surface area contributed by atoms with Crippen molar-refractivity contribution in [2.75, 3.05) is 5.32 Å². The number of hydrogen-bond donors (Lipinski definition) is 2. The molecule has 0 radical (unpaired) electrons. The first-order chi connectivity index (χ1) is 9.20. The molecule has 0 spiro atoms. The molecule has 2 N–H and O–H groups in total. The van der Waals surface area contributed by atoms with E-state index >= 15 is 0 Å². The number of aromatic amines is 1. The number of nitrogens with one attached hydrogen (secondary N) is 2. The molecule has 3 rings (SSSR count). The Kier molecular flexibility index (Phi) is 3.40. The van der Waals surface area contributed by atoms with Crippen molar-refractivity contribution in [2.24, 2.45) is 0 Å². The summed E-state index contributed by atoms with van der Waals surface area (Å²) < 4.78 is 0.929. The Balaban J connectivity index is 1.78. The van der Waals surface area contributed by atoms with Crippen LogP contribution in [0.3, 0.4) is 0 Å². The van der Waals surface area contributed by atoms with Crippen LogP contribution in [0.5, 0.6) is 0 Å². The summed E-state index contributed by atoms with van der Waals surface area (Å²) in [6, 6.07) is 9.54. The van der Waals surface area contributed by atoms with E-state index in [1.54, 1.807) is 6.20 Å². The summed E-state index contributed by atoms with van der Waals surface area (Å²) in [7, 11) is 0. The fourth-order valence-corrected chi connectivity index (χ4v) is 2.31. The quantitative estimate of drug-likeness (QED) is 0.760. The monoisotopic (exact) mass is 336 g/mol. The largest absolute Gasteiger partial charge is 0.378 e. The highest BCUT2D eigenvalue weighted by molar-refractivity contribution is 9.10. The van der Waals surface area contributed by atoms with Gasteiger partial charge in [0.25, 0.3) is 0 Å². The molecule has 19 heavy (non-hydrogen) atoms. The highest BCUT2D eigenvalue weighted by Crippen LogP contribution is 2.17. The molecule has 0 saturated carbocycles. The van der Waals surface area contributed by atoms with Crippen molar-refractivity contribution >= 4 is 44.4 Å². The summed E-state index contributed by atoms with van der Waals surface area (Å²) in [5.41, 5.74) is 2.59. The summed E-state index contributed by atoms with van der Waals surface area (Å²) in [4.78, 5) is 11.9. The number of pyridine rings is 1. The minimum absolute atomic E-state index is 0.592. The zero-order chi connectivity index (χ0) is 13.2. The number of imidazole rings is 1. The van der Waals surface area contributed by atoms with E-state index in [1.165, 1.54) is 0 Å². The van der Waals surface area contributed by atoms with Gasteiger partial charge < -0.3 is 10.3 Å².